The fourth-order valence-electron chi connectivity index (χ4n) is 4.42. The summed E-state index contributed by atoms with van der Waals surface area (Å²) in [5, 5.41) is 7.20. The van der Waals surface area contributed by atoms with Crippen molar-refractivity contribution < 1.29 is 9.18 Å². The van der Waals surface area contributed by atoms with Gasteiger partial charge in [0.05, 0.1) is 16.6 Å². The van der Waals surface area contributed by atoms with Gasteiger partial charge in [-0.2, -0.15) is 0 Å². The average Bonchev–Trinajstić information content (AvgIpc) is 2.88. The Morgan fingerprint density at radius 1 is 1.05 bits per heavy atom. The molecule has 192 valence electrons. The molecule has 3 aromatic carbocycles. The molecule has 5 nitrogen and oxygen atoms in total. The molecule has 4 rings (SSSR count). The first kappa shape index (κ1) is 26.9. The Bertz CT molecular complexity index is 1340. The minimum atomic E-state index is -0.533. The summed E-state index contributed by atoms with van der Waals surface area (Å²) >= 11 is 17.8. The third-order valence-electron chi connectivity index (χ3n) is 6.35. The second-order valence-electron chi connectivity index (χ2n) is 8.54. The van der Waals surface area contributed by atoms with Crippen molar-refractivity contribution in [1.82, 2.24) is 5.32 Å². The molecule has 9 heteroatoms. The van der Waals surface area contributed by atoms with Crippen molar-refractivity contribution in [3.63, 3.8) is 0 Å². The molecule has 1 aliphatic rings. The summed E-state index contributed by atoms with van der Waals surface area (Å²) in [5.41, 5.74) is 4.22. The number of benzene rings is 3. The van der Waals surface area contributed by atoms with Crippen LogP contribution in [0.25, 0.3) is 0 Å². The van der Waals surface area contributed by atoms with Crippen LogP contribution in [-0.4, -0.2) is 24.1 Å². The van der Waals surface area contributed by atoms with Crippen LogP contribution in [0.4, 0.5) is 21.5 Å². The molecule has 0 spiro atoms. The second kappa shape index (κ2) is 11.5. The van der Waals surface area contributed by atoms with Crippen LogP contribution in [0.15, 0.2) is 78.0 Å². The Morgan fingerprint density at radius 2 is 1.70 bits per heavy atom. The lowest BCUT2D eigenvalue weighted by atomic mass is 9.93. The zero-order valence-corrected chi connectivity index (χ0v) is 23.0. The SMILES string of the molecule is CCN(CC)c1ccc(C2NC(=S)N(c3ccc(F)c(Cl)c3)C(C)=C2C(=O)Nc2ccc(Cl)cc2)cc1. The van der Waals surface area contributed by atoms with E-state index in [1.807, 2.05) is 31.2 Å². The number of thiocarbonyl (C=S) groups is 1. The van der Waals surface area contributed by atoms with Crippen LogP contribution in [0.5, 0.6) is 0 Å². The van der Waals surface area contributed by atoms with Crippen molar-refractivity contribution >= 4 is 63.5 Å². The Kier molecular flexibility index (Phi) is 8.37. The van der Waals surface area contributed by atoms with Crippen molar-refractivity contribution in [2.75, 3.05) is 28.2 Å². The summed E-state index contributed by atoms with van der Waals surface area (Å²) in [6.07, 6.45) is 0. The summed E-state index contributed by atoms with van der Waals surface area (Å²) in [5.74, 6) is -0.833. The van der Waals surface area contributed by atoms with Crippen LogP contribution < -0.4 is 20.4 Å². The van der Waals surface area contributed by atoms with Crippen LogP contribution in [-0.2, 0) is 4.79 Å². The van der Waals surface area contributed by atoms with Crippen LogP contribution in [0.1, 0.15) is 32.4 Å². The molecule has 3 aromatic rings. The maximum absolute atomic E-state index is 13.9. The van der Waals surface area contributed by atoms with Crippen molar-refractivity contribution in [3.8, 4) is 0 Å². The van der Waals surface area contributed by atoms with Crippen LogP contribution in [0.3, 0.4) is 0 Å². The van der Waals surface area contributed by atoms with E-state index in [0.29, 0.717) is 32.8 Å². The highest BCUT2D eigenvalue weighted by atomic mass is 35.5. The van der Waals surface area contributed by atoms with Crippen LogP contribution in [0.2, 0.25) is 10.0 Å². The zero-order chi connectivity index (χ0) is 26.7. The molecular weight excluding hydrogens is 530 g/mol. The molecule has 0 aliphatic carbocycles. The van der Waals surface area contributed by atoms with Gasteiger partial charge in [-0.3, -0.25) is 9.69 Å². The van der Waals surface area contributed by atoms with Gasteiger partial charge in [0, 0.05) is 40.9 Å². The quantitative estimate of drug-likeness (QED) is 0.298. The maximum atomic E-state index is 13.9. The van der Waals surface area contributed by atoms with Gasteiger partial charge in [0.1, 0.15) is 5.82 Å². The number of amides is 1. The highest BCUT2D eigenvalue weighted by Crippen LogP contribution is 2.36. The lowest BCUT2D eigenvalue weighted by Gasteiger charge is -2.38. The number of hydrogen-bond donors (Lipinski definition) is 2. The Labute approximate surface area is 231 Å². The van der Waals surface area contributed by atoms with E-state index in [-0.39, 0.29) is 10.9 Å². The minimum Gasteiger partial charge on any atom is -0.372 e. The van der Waals surface area contributed by atoms with Gasteiger partial charge < -0.3 is 15.5 Å². The first-order valence-corrected chi connectivity index (χ1v) is 13.1. The van der Waals surface area contributed by atoms with Crippen molar-refractivity contribution in [3.05, 3.63) is 99.4 Å². The zero-order valence-electron chi connectivity index (χ0n) is 20.7. The molecule has 1 amide bonds. The number of anilines is 3. The van der Waals surface area contributed by atoms with Gasteiger partial charge in [-0.25, -0.2) is 4.39 Å². The van der Waals surface area contributed by atoms with Crippen LogP contribution in [0, 0.1) is 5.82 Å². The predicted octanol–water partition coefficient (Wildman–Crippen LogP) is 7.33. The smallest absolute Gasteiger partial charge is 0.255 e. The lowest BCUT2D eigenvalue weighted by molar-refractivity contribution is -0.113. The number of nitrogens with zero attached hydrogens (tertiary/aromatic N) is 2. The van der Waals surface area contributed by atoms with E-state index >= 15 is 0 Å². The van der Waals surface area contributed by atoms with Gasteiger partial charge >= 0.3 is 0 Å². The van der Waals surface area contributed by atoms with Gasteiger partial charge in [-0.05, 0) is 93.1 Å². The van der Waals surface area contributed by atoms with Gasteiger partial charge in [-0.1, -0.05) is 35.3 Å². The first-order valence-electron chi connectivity index (χ1n) is 11.9. The summed E-state index contributed by atoms with van der Waals surface area (Å²) in [4.78, 5) is 17.7. The number of carbonyl (C=O) groups is 1. The number of hydrogen-bond acceptors (Lipinski definition) is 3. The molecular formula is C28H27Cl2FN4OS. The fourth-order valence-corrected chi connectivity index (χ4v) is 5.08. The number of allylic oxidation sites excluding steroid dienone is 1. The molecule has 0 bridgehead atoms. The number of halogens is 3. The number of nitrogens with one attached hydrogen (secondary N) is 2. The molecule has 1 heterocycles. The van der Waals surface area contributed by atoms with Crippen molar-refractivity contribution in [1.29, 1.82) is 0 Å². The monoisotopic (exact) mass is 556 g/mol. The van der Waals surface area contributed by atoms with E-state index in [9.17, 15) is 9.18 Å². The number of rotatable bonds is 7. The third kappa shape index (κ3) is 5.74. The largest absolute Gasteiger partial charge is 0.372 e. The summed E-state index contributed by atoms with van der Waals surface area (Å²) in [7, 11) is 0. The molecule has 0 radical (unpaired) electrons. The van der Waals surface area contributed by atoms with Gasteiger partial charge in [0.25, 0.3) is 5.91 Å². The van der Waals surface area contributed by atoms with E-state index in [1.165, 1.54) is 12.1 Å². The average molecular weight is 558 g/mol. The molecule has 0 fully saturated rings. The van der Waals surface area contributed by atoms with Gasteiger partial charge in [-0.15, -0.1) is 0 Å². The van der Waals surface area contributed by atoms with Crippen molar-refractivity contribution in [2.24, 2.45) is 0 Å². The van der Waals surface area contributed by atoms with E-state index < -0.39 is 11.9 Å². The fraction of sp³-hybridized carbons (Fsp3) is 0.214. The van der Waals surface area contributed by atoms with Crippen molar-refractivity contribution in [2.45, 2.75) is 26.8 Å². The Hall–Kier alpha value is -3.13. The van der Waals surface area contributed by atoms with Gasteiger partial charge in [0.15, 0.2) is 5.11 Å². The van der Waals surface area contributed by atoms with Crippen LogP contribution >= 0.6 is 35.4 Å². The standard InChI is InChI=1S/C28H27Cl2FN4OS/c1-4-34(5-2)21-12-6-18(7-13-21)26-25(27(36)32-20-10-8-19(29)9-11-20)17(3)35(28(37)33-26)22-14-15-24(31)23(30)16-22/h6-16,26H,4-5H2,1-3H3,(H,32,36)(H,33,37). The molecule has 2 N–H and O–H groups in total. The highest BCUT2D eigenvalue weighted by molar-refractivity contribution is 7.80. The topological polar surface area (TPSA) is 47.6 Å². The van der Waals surface area contributed by atoms with E-state index in [2.05, 4.69) is 29.4 Å². The summed E-state index contributed by atoms with van der Waals surface area (Å²) in [6.45, 7) is 7.83. The number of carbonyl (C=O) groups excluding carboxylic acids is 1. The third-order valence-corrected chi connectivity index (χ3v) is 7.19. The van der Waals surface area contributed by atoms with E-state index in [4.69, 9.17) is 35.4 Å². The molecule has 37 heavy (non-hydrogen) atoms. The second-order valence-corrected chi connectivity index (χ2v) is 9.77. The molecule has 1 aliphatic heterocycles. The molecule has 0 saturated carbocycles. The molecule has 1 unspecified atom stereocenters. The van der Waals surface area contributed by atoms with E-state index in [0.717, 1.165) is 24.3 Å². The summed E-state index contributed by atoms with van der Waals surface area (Å²) in [6, 6.07) is 18.8. The Balaban J connectivity index is 1.78. The molecule has 1 atom stereocenters. The Morgan fingerprint density at radius 3 is 2.30 bits per heavy atom. The highest BCUT2D eigenvalue weighted by Gasteiger charge is 2.35. The maximum Gasteiger partial charge on any atom is 0.255 e. The summed E-state index contributed by atoms with van der Waals surface area (Å²) < 4.78 is 13.9. The van der Waals surface area contributed by atoms with Gasteiger partial charge in [0.2, 0.25) is 0 Å². The molecule has 0 saturated heterocycles. The minimum absolute atomic E-state index is 0.0330. The normalized spacial score (nSPS) is 15.5. The first-order chi connectivity index (χ1) is 17.7. The predicted molar refractivity (Wildman–Crippen MR) is 155 cm³/mol. The molecule has 0 aromatic heterocycles. The lowest BCUT2D eigenvalue weighted by Crippen LogP contribution is -2.48. The van der Waals surface area contributed by atoms with E-state index in [1.54, 1.807) is 35.2 Å².